The van der Waals surface area contributed by atoms with Crippen molar-refractivity contribution in [2.75, 3.05) is 5.33 Å². The number of benzene rings is 2. The van der Waals surface area contributed by atoms with Gasteiger partial charge < -0.3 is 0 Å². The maximum Gasteiger partial charge on any atom is 0.0452 e. The van der Waals surface area contributed by atoms with Gasteiger partial charge in [0.25, 0.3) is 0 Å². The van der Waals surface area contributed by atoms with Crippen molar-refractivity contribution in [2.24, 2.45) is 5.92 Å². The van der Waals surface area contributed by atoms with E-state index in [1.54, 1.807) is 0 Å². The van der Waals surface area contributed by atoms with Gasteiger partial charge in [0.2, 0.25) is 0 Å². The Balaban J connectivity index is 2.11. The van der Waals surface area contributed by atoms with E-state index in [2.05, 4.69) is 28.1 Å². The minimum Gasteiger partial charge on any atom is -0.0925 e. The third kappa shape index (κ3) is 4.39. The monoisotopic (exact) mass is 390 g/mol. The average Bonchev–Trinajstić information content (AvgIpc) is 2.44. The summed E-state index contributed by atoms with van der Waals surface area (Å²) in [6.45, 7) is 0. The highest BCUT2D eigenvalue weighted by Crippen LogP contribution is 2.28. The summed E-state index contributed by atoms with van der Waals surface area (Å²) >= 11 is 22.0. The summed E-state index contributed by atoms with van der Waals surface area (Å²) in [7, 11) is 0. The second-order valence-corrected chi connectivity index (χ2v) is 6.65. The molecule has 0 spiro atoms. The first-order chi connectivity index (χ1) is 9.60. The molecule has 1 unspecified atom stereocenters. The molecule has 4 heteroatoms. The van der Waals surface area contributed by atoms with Gasteiger partial charge in [-0.2, -0.15) is 0 Å². The highest BCUT2D eigenvalue weighted by Gasteiger charge is 2.14. The van der Waals surface area contributed by atoms with Crippen molar-refractivity contribution in [3.8, 4) is 0 Å². The molecule has 2 aromatic carbocycles. The molecule has 0 fully saturated rings. The van der Waals surface area contributed by atoms with Gasteiger partial charge in [-0.3, -0.25) is 0 Å². The van der Waals surface area contributed by atoms with E-state index in [-0.39, 0.29) is 0 Å². The average molecular weight is 393 g/mol. The summed E-state index contributed by atoms with van der Waals surface area (Å²) in [5, 5.41) is 3.13. The standard InChI is InChI=1S/C16H14BrCl3/c17-10-12(8-11-4-6-13(18)7-5-11)9-14-15(19)2-1-3-16(14)20/h1-7,12H,8-10H2. The topological polar surface area (TPSA) is 0 Å². The Morgan fingerprint density at radius 1 is 0.850 bits per heavy atom. The lowest BCUT2D eigenvalue weighted by molar-refractivity contribution is 0.591. The smallest absolute Gasteiger partial charge is 0.0452 e. The van der Waals surface area contributed by atoms with Crippen LogP contribution in [0.3, 0.4) is 0 Å². The zero-order valence-electron chi connectivity index (χ0n) is 10.8. The van der Waals surface area contributed by atoms with E-state index < -0.39 is 0 Å². The molecule has 2 aromatic rings. The van der Waals surface area contributed by atoms with Crippen LogP contribution in [0.2, 0.25) is 15.1 Å². The maximum absolute atomic E-state index is 6.24. The molecule has 0 saturated heterocycles. The lowest BCUT2D eigenvalue weighted by Crippen LogP contribution is -2.10. The van der Waals surface area contributed by atoms with Crippen molar-refractivity contribution in [1.82, 2.24) is 0 Å². The van der Waals surface area contributed by atoms with Gasteiger partial charge in [-0.25, -0.2) is 0 Å². The fourth-order valence-corrected chi connectivity index (χ4v) is 3.29. The van der Waals surface area contributed by atoms with Crippen LogP contribution >= 0.6 is 50.7 Å². The fraction of sp³-hybridized carbons (Fsp3) is 0.250. The Morgan fingerprint density at radius 3 is 2.00 bits per heavy atom. The third-order valence-corrected chi connectivity index (χ3v) is 5.09. The molecule has 0 nitrogen and oxygen atoms in total. The zero-order chi connectivity index (χ0) is 14.5. The number of hydrogen-bond donors (Lipinski definition) is 0. The van der Waals surface area contributed by atoms with E-state index in [0.29, 0.717) is 5.92 Å². The Bertz CT molecular complexity index is 546. The third-order valence-electron chi connectivity index (χ3n) is 3.21. The van der Waals surface area contributed by atoms with E-state index in [1.807, 2.05) is 30.3 Å². The lowest BCUT2D eigenvalue weighted by atomic mass is 9.94. The quantitative estimate of drug-likeness (QED) is 0.513. The first kappa shape index (κ1) is 16.2. The second-order valence-electron chi connectivity index (χ2n) is 4.76. The van der Waals surface area contributed by atoms with Crippen molar-refractivity contribution in [3.63, 3.8) is 0 Å². The van der Waals surface area contributed by atoms with E-state index in [1.165, 1.54) is 5.56 Å². The van der Waals surface area contributed by atoms with Crippen molar-refractivity contribution in [3.05, 3.63) is 68.7 Å². The van der Waals surface area contributed by atoms with Gasteiger partial charge in [0.15, 0.2) is 0 Å². The van der Waals surface area contributed by atoms with E-state index in [4.69, 9.17) is 34.8 Å². The normalized spacial score (nSPS) is 12.4. The highest BCUT2D eigenvalue weighted by atomic mass is 79.9. The molecule has 0 saturated carbocycles. The molecule has 0 amide bonds. The molecule has 0 radical (unpaired) electrons. The minimum atomic E-state index is 0.438. The summed E-state index contributed by atoms with van der Waals surface area (Å²) in [5.74, 6) is 0.438. The molecule has 1 atom stereocenters. The first-order valence-electron chi connectivity index (χ1n) is 6.33. The van der Waals surface area contributed by atoms with E-state index in [0.717, 1.165) is 38.8 Å². The Labute approximate surface area is 143 Å². The minimum absolute atomic E-state index is 0.438. The van der Waals surface area contributed by atoms with Crippen LogP contribution in [-0.2, 0) is 12.8 Å². The summed E-state index contributed by atoms with van der Waals surface area (Å²) in [4.78, 5) is 0. The van der Waals surface area contributed by atoms with Gasteiger partial charge in [0.1, 0.15) is 0 Å². The number of halogens is 4. The van der Waals surface area contributed by atoms with Crippen LogP contribution in [0.1, 0.15) is 11.1 Å². The summed E-state index contributed by atoms with van der Waals surface area (Å²) in [6.07, 6.45) is 1.82. The molecular formula is C16H14BrCl3. The Kier molecular flexibility index (Phi) is 6.22. The number of alkyl halides is 1. The van der Waals surface area contributed by atoms with Gasteiger partial charge in [0.05, 0.1) is 0 Å². The van der Waals surface area contributed by atoms with Gasteiger partial charge in [-0.15, -0.1) is 0 Å². The molecule has 0 aliphatic heterocycles. The largest absolute Gasteiger partial charge is 0.0925 e. The predicted octanol–water partition coefficient (Wildman–Crippen LogP) is 6.44. The summed E-state index contributed by atoms with van der Waals surface area (Å²) in [6, 6.07) is 13.6. The Morgan fingerprint density at radius 2 is 1.45 bits per heavy atom. The molecule has 0 aliphatic carbocycles. The highest BCUT2D eigenvalue weighted by molar-refractivity contribution is 9.09. The molecule has 0 aliphatic rings. The van der Waals surface area contributed by atoms with Crippen LogP contribution in [0.5, 0.6) is 0 Å². The van der Waals surface area contributed by atoms with Crippen LogP contribution in [-0.4, -0.2) is 5.33 Å². The van der Waals surface area contributed by atoms with Crippen molar-refractivity contribution in [2.45, 2.75) is 12.8 Å². The molecule has 2 rings (SSSR count). The fourth-order valence-electron chi connectivity index (χ4n) is 2.15. The first-order valence-corrected chi connectivity index (χ1v) is 8.59. The second kappa shape index (κ2) is 7.70. The molecular weight excluding hydrogens is 378 g/mol. The van der Waals surface area contributed by atoms with Crippen LogP contribution in [0.25, 0.3) is 0 Å². The summed E-state index contributed by atoms with van der Waals surface area (Å²) < 4.78 is 0. The molecule has 106 valence electrons. The zero-order valence-corrected chi connectivity index (χ0v) is 14.6. The van der Waals surface area contributed by atoms with Gasteiger partial charge in [-0.1, -0.05) is 68.9 Å². The van der Waals surface area contributed by atoms with Crippen molar-refractivity contribution < 1.29 is 0 Å². The molecule has 0 N–H and O–H groups in total. The molecule has 0 bridgehead atoms. The molecule has 0 aromatic heterocycles. The van der Waals surface area contributed by atoms with E-state index in [9.17, 15) is 0 Å². The molecule has 0 heterocycles. The van der Waals surface area contributed by atoms with Crippen LogP contribution < -0.4 is 0 Å². The van der Waals surface area contributed by atoms with Crippen LogP contribution in [0, 0.1) is 5.92 Å². The van der Waals surface area contributed by atoms with Crippen molar-refractivity contribution >= 4 is 50.7 Å². The SMILES string of the molecule is Clc1ccc(CC(CBr)Cc2c(Cl)cccc2Cl)cc1. The molecule has 20 heavy (non-hydrogen) atoms. The Hall–Kier alpha value is -0.210. The number of hydrogen-bond acceptors (Lipinski definition) is 0. The lowest BCUT2D eigenvalue weighted by Gasteiger charge is -2.16. The van der Waals surface area contributed by atoms with Crippen LogP contribution in [0.15, 0.2) is 42.5 Å². The van der Waals surface area contributed by atoms with Gasteiger partial charge in [-0.05, 0) is 54.2 Å². The van der Waals surface area contributed by atoms with Crippen molar-refractivity contribution in [1.29, 1.82) is 0 Å². The summed E-state index contributed by atoms with van der Waals surface area (Å²) in [5.41, 5.74) is 2.29. The van der Waals surface area contributed by atoms with Gasteiger partial charge in [0, 0.05) is 20.4 Å². The van der Waals surface area contributed by atoms with Crippen LogP contribution in [0.4, 0.5) is 0 Å². The maximum atomic E-state index is 6.24. The van der Waals surface area contributed by atoms with Gasteiger partial charge >= 0.3 is 0 Å². The predicted molar refractivity (Wildman–Crippen MR) is 92.6 cm³/mol. The number of rotatable bonds is 5. The van der Waals surface area contributed by atoms with E-state index >= 15 is 0 Å².